The topological polar surface area (TPSA) is 144 Å². The molecule has 2 aromatic heterocycles. The number of hydrogen-bond donors (Lipinski definition) is 3. The average Bonchev–Trinajstić information content (AvgIpc) is 3.39. The van der Waals surface area contributed by atoms with Gasteiger partial charge in [0.25, 0.3) is 0 Å². The predicted molar refractivity (Wildman–Crippen MR) is 143 cm³/mol. The molecule has 2 unspecified atom stereocenters. The van der Waals surface area contributed by atoms with E-state index in [1.165, 1.54) is 25.3 Å². The first kappa shape index (κ1) is 27.4. The van der Waals surface area contributed by atoms with E-state index in [1.54, 1.807) is 25.1 Å². The Bertz CT molecular complexity index is 1470. The summed E-state index contributed by atoms with van der Waals surface area (Å²) in [4.78, 5) is 9.00. The van der Waals surface area contributed by atoms with Crippen molar-refractivity contribution >= 4 is 15.7 Å². The molecule has 0 aliphatic rings. The minimum atomic E-state index is -3.55. The van der Waals surface area contributed by atoms with Gasteiger partial charge in [0.05, 0.1) is 22.0 Å². The Labute approximate surface area is 220 Å². The summed E-state index contributed by atoms with van der Waals surface area (Å²) >= 11 is 0. The molecule has 0 radical (unpaired) electrons. The van der Waals surface area contributed by atoms with E-state index in [0.717, 1.165) is 11.1 Å². The van der Waals surface area contributed by atoms with Crippen molar-refractivity contribution in [1.82, 2.24) is 20.4 Å². The molecule has 0 spiro atoms. The molecule has 0 bridgehead atoms. The zero-order valence-corrected chi connectivity index (χ0v) is 22.0. The highest BCUT2D eigenvalue weighted by atomic mass is 32.2. The molecule has 0 aliphatic heterocycles. The maximum atomic E-state index is 13.0. The molecule has 2 aromatic carbocycles. The molecule has 2 heterocycles. The van der Waals surface area contributed by atoms with Crippen molar-refractivity contribution in [3.05, 3.63) is 66.4 Å². The minimum Gasteiger partial charge on any atom is -0.396 e. The third-order valence-electron chi connectivity index (χ3n) is 6.09. The minimum absolute atomic E-state index is 0.164. The van der Waals surface area contributed by atoms with E-state index in [-0.39, 0.29) is 23.7 Å². The number of halogens is 1. The maximum Gasteiger partial charge on any atom is 0.189 e. The Morgan fingerprint density at radius 1 is 1.05 bits per heavy atom. The second-order valence-corrected chi connectivity index (χ2v) is 11.4. The standard InChI is InChI=1S/C27H30FN5O4S/c1-17(28)14-30-15-19-3-5-20(6-4-19)23-13-25(37-33-23)26-27(29)31-16-24(32-26)21-7-9-22(10-8-21)38(35,36)18(2)11-12-34/h3-10,13,16-18,30,34H,11-12,14-15H2,1-2H3,(H2,29,31). The smallest absolute Gasteiger partial charge is 0.189 e. The van der Waals surface area contributed by atoms with Crippen molar-refractivity contribution in [3.63, 3.8) is 0 Å². The van der Waals surface area contributed by atoms with Crippen molar-refractivity contribution in [3.8, 4) is 34.0 Å². The highest BCUT2D eigenvalue weighted by molar-refractivity contribution is 7.92. The summed E-state index contributed by atoms with van der Waals surface area (Å²) in [7, 11) is -3.55. The summed E-state index contributed by atoms with van der Waals surface area (Å²) in [5, 5.41) is 15.6. The lowest BCUT2D eigenvalue weighted by atomic mass is 10.1. The van der Waals surface area contributed by atoms with Crippen LogP contribution in [0.15, 0.2) is 70.2 Å². The van der Waals surface area contributed by atoms with Gasteiger partial charge in [0.15, 0.2) is 27.1 Å². The number of nitrogens with one attached hydrogen (secondary N) is 1. The number of alkyl halides is 1. The molecule has 0 amide bonds. The summed E-state index contributed by atoms with van der Waals surface area (Å²) in [6.45, 7) is 3.74. The molecule has 38 heavy (non-hydrogen) atoms. The van der Waals surface area contributed by atoms with Crippen LogP contribution in [0.2, 0.25) is 0 Å². The lowest BCUT2D eigenvalue weighted by Crippen LogP contribution is -2.21. The third kappa shape index (κ3) is 6.24. The monoisotopic (exact) mass is 539 g/mol. The molecular weight excluding hydrogens is 509 g/mol. The number of anilines is 1. The number of sulfone groups is 1. The van der Waals surface area contributed by atoms with E-state index in [2.05, 4.69) is 20.4 Å². The molecule has 9 nitrogen and oxygen atoms in total. The van der Waals surface area contributed by atoms with Crippen molar-refractivity contribution in [1.29, 1.82) is 0 Å². The van der Waals surface area contributed by atoms with Gasteiger partial charge in [0.1, 0.15) is 11.9 Å². The normalized spacial score (nSPS) is 13.4. The fourth-order valence-electron chi connectivity index (χ4n) is 3.84. The summed E-state index contributed by atoms with van der Waals surface area (Å²) in [5.74, 6) is 0.503. The average molecular weight is 540 g/mol. The molecule has 4 rings (SSSR count). The number of nitrogen functional groups attached to an aromatic ring is 1. The number of benzene rings is 2. The van der Waals surface area contributed by atoms with Crippen LogP contribution in [0.25, 0.3) is 34.0 Å². The van der Waals surface area contributed by atoms with E-state index in [9.17, 15) is 12.8 Å². The molecule has 0 fully saturated rings. The van der Waals surface area contributed by atoms with Gasteiger partial charge in [-0.05, 0) is 38.0 Å². The summed E-state index contributed by atoms with van der Waals surface area (Å²) in [6, 6.07) is 15.7. The molecular formula is C27H30FN5O4S. The number of nitrogens with zero attached hydrogens (tertiary/aromatic N) is 3. The molecule has 0 aliphatic carbocycles. The Kier molecular flexibility index (Phi) is 8.50. The predicted octanol–water partition coefficient (Wildman–Crippen LogP) is 4.04. The van der Waals surface area contributed by atoms with Gasteiger partial charge < -0.3 is 20.7 Å². The fraction of sp³-hybridized carbons (Fsp3) is 0.296. The van der Waals surface area contributed by atoms with Crippen molar-refractivity contribution in [2.75, 3.05) is 18.9 Å². The first-order chi connectivity index (χ1) is 18.2. The number of aromatic nitrogens is 3. The molecule has 11 heteroatoms. The van der Waals surface area contributed by atoms with Crippen LogP contribution in [-0.4, -0.2) is 53.2 Å². The summed E-state index contributed by atoms with van der Waals surface area (Å²) in [5.41, 5.74) is 9.98. The Morgan fingerprint density at radius 2 is 1.71 bits per heavy atom. The van der Waals surface area contributed by atoms with E-state index in [0.29, 0.717) is 41.5 Å². The number of aliphatic hydroxyl groups excluding tert-OH is 1. The quantitative estimate of drug-likeness (QED) is 0.257. The van der Waals surface area contributed by atoms with Gasteiger partial charge in [-0.2, -0.15) is 0 Å². The Hall–Kier alpha value is -3.67. The van der Waals surface area contributed by atoms with Crippen LogP contribution in [0, 0.1) is 0 Å². The zero-order chi connectivity index (χ0) is 27.3. The number of aliphatic hydroxyl groups is 1. The largest absolute Gasteiger partial charge is 0.396 e. The number of nitrogens with two attached hydrogens (primary N) is 1. The first-order valence-electron chi connectivity index (χ1n) is 12.2. The van der Waals surface area contributed by atoms with Crippen molar-refractivity contribution in [2.45, 2.75) is 43.1 Å². The summed E-state index contributed by atoms with van der Waals surface area (Å²) < 4.78 is 43.8. The van der Waals surface area contributed by atoms with Crippen LogP contribution in [0.4, 0.5) is 10.2 Å². The Balaban J connectivity index is 1.53. The zero-order valence-electron chi connectivity index (χ0n) is 21.1. The van der Waals surface area contributed by atoms with Crippen LogP contribution >= 0.6 is 0 Å². The van der Waals surface area contributed by atoms with Crippen LogP contribution in [0.5, 0.6) is 0 Å². The van der Waals surface area contributed by atoms with Gasteiger partial charge in [-0.1, -0.05) is 41.6 Å². The van der Waals surface area contributed by atoms with Crippen LogP contribution in [0.3, 0.4) is 0 Å². The van der Waals surface area contributed by atoms with Crippen LogP contribution in [0.1, 0.15) is 25.8 Å². The Morgan fingerprint density at radius 3 is 2.37 bits per heavy atom. The maximum absolute atomic E-state index is 13.0. The number of rotatable bonds is 11. The van der Waals surface area contributed by atoms with Gasteiger partial charge in [0.2, 0.25) is 0 Å². The van der Waals surface area contributed by atoms with Gasteiger partial charge in [-0.3, -0.25) is 0 Å². The first-order valence-corrected chi connectivity index (χ1v) is 13.7. The fourth-order valence-corrected chi connectivity index (χ4v) is 5.23. The van der Waals surface area contributed by atoms with Crippen LogP contribution < -0.4 is 11.1 Å². The molecule has 2 atom stereocenters. The van der Waals surface area contributed by atoms with E-state index < -0.39 is 21.3 Å². The molecule has 0 saturated carbocycles. The highest BCUT2D eigenvalue weighted by Crippen LogP contribution is 2.30. The van der Waals surface area contributed by atoms with E-state index >= 15 is 0 Å². The van der Waals surface area contributed by atoms with Gasteiger partial charge in [-0.15, -0.1) is 0 Å². The van der Waals surface area contributed by atoms with E-state index in [4.69, 9.17) is 15.4 Å². The van der Waals surface area contributed by atoms with Crippen LogP contribution in [-0.2, 0) is 16.4 Å². The van der Waals surface area contributed by atoms with Crippen molar-refractivity contribution in [2.24, 2.45) is 0 Å². The van der Waals surface area contributed by atoms with Gasteiger partial charge in [-0.25, -0.2) is 22.8 Å². The molecule has 4 N–H and O–H groups in total. The summed E-state index contributed by atoms with van der Waals surface area (Å²) in [6.07, 6.45) is 0.764. The molecule has 4 aromatic rings. The lowest BCUT2D eigenvalue weighted by molar-refractivity contribution is 0.287. The van der Waals surface area contributed by atoms with Gasteiger partial charge >= 0.3 is 0 Å². The molecule has 200 valence electrons. The van der Waals surface area contributed by atoms with Gasteiger partial charge in [0, 0.05) is 36.9 Å². The van der Waals surface area contributed by atoms with E-state index in [1.807, 2.05) is 24.3 Å². The number of hydrogen-bond acceptors (Lipinski definition) is 9. The molecule has 0 saturated heterocycles. The SMILES string of the molecule is CC(F)CNCc1ccc(-c2cc(-c3nc(-c4ccc(S(=O)(=O)C(C)CCO)cc4)cnc3N)on2)cc1. The second-order valence-electron chi connectivity index (χ2n) is 9.07. The lowest BCUT2D eigenvalue weighted by Gasteiger charge is -2.12. The highest BCUT2D eigenvalue weighted by Gasteiger charge is 2.23. The third-order valence-corrected chi connectivity index (χ3v) is 8.32. The van der Waals surface area contributed by atoms with Crippen molar-refractivity contribution < 1.29 is 22.4 Å². The second kappa shape index (κ2) is 11.8.